The molecule has 0 spiro atoms. The summed E-state index contributed by atoms with van der Waals surface area (Å²) < 4.78 is 5.40. The number of rotatable bonds is 3. The quantitative estimate of drug-likeness (QED) is 0.544. The van der Waals surface area contributed by atoms with Gasteiger partial charge in [-0.05, 0) is 60.7 Å². The second-order valence-corrected chi connectivity index (χ2v) is 6.24. The van der Waals surface area contributed by atoms with Gasteiger partial charge < -0.3 is 4.74 Å². The zero-order valence-corrected chi connectivity index (χ0v) is 13.2. The van der Waals surface area contributed by atoms with Crippen LogP contribution in [0.25, 0.3) is 0 Å². The molecule has 2 nitrogen and oxygen atoms in total. The Kier molecular flexibility index (Phi) is 4.79. The molecule has 1 saturated carbocycles. The van der Waals surface area contributed by atoms with E-state index in [9.17, 15) is 4.79 Å². The summed E-state index contributed by atoms with van der Waals surface area (Å²) >= 11 is 5.82. The van der Waals surface area contributed by atoms with E-state index in [1.165, 1.54) is 37.7 Å². The van der Waals surface area contributed by atoms with E-state index in [0.29, 0.717) is 22.3 Å². The fraction of sp³-hybridized carbons (Fsp3) is 0.316. The van der Waals surface area contributed by atoms with Gasteiger partial charge in [-0.2, -0.15) is 0 Å². The Bertz CT molecular complexity index is 625. The molecule has 2 aromatic carbocycles. The van der Waals surface area contributed by atoms with Crippen LogP contribution in [0.5, 0.6) is 5.75 Å². The van der Waals surface area contributed by atoms with Crippen LogP contribution in [0.4, 0.5) is 0 Å². The van der Waals surface area contributed by atoms with Gasteiger partial charge in [0, 0.05) is 5.02 Å². The summed E-state index contributed by atoms with van der Waals surface area (Å²) in [5, 5.41) is 0.605. The summed E-state index contributed by atoms with van der Waals surface area (Å²) in [6.07, 6.45) is 6.52. The topological polar surface area (TPSA) is 26.3 Å². The van der Waals surface area contributed by atoms with Crippen molar-refractivity contribution in [3.8, 4) is 5.75 Å². The summed E-state index contributed by atoms with van der Waals surface area (Å²) in [6.45, 7) is 0. The van der Waals surface area contributed by atoms with Crippen LogP contribution < -0.4 is 4.74 Å². The highest BCUT2D eigenvalue weighted by atomic mass is 35.5. The van der Waals surface area contributed by atoms with E-state index in [1.807, 2.05) is 12.1 Å². The molecule has 0 saturated heterocycles. The predicted octanol–water partition coefficient (Wildman–Crippen LogP) is 5.61. The van der Waals surface area contributed by atoms with E-state index in [0.717, 1.165) is 0 Å². The van der Waals surface area contributed by atoms with Gasteiger partial charge in [-0.15, -0.1) is 0 Å². The van der Waals surface area contributed by atoms with Crippen LogP contribution in [0.3, 0.4) is 0 Å². The summed E-state index contributed by atoms with van der Waals surface area (Å²) in [7, 11) is 0. The first-order valence-electron chi connectivity index (χ1n) is 7.80. The maximum Gasteiger partial charge on any atom is 0.343 e. The molecule has 2 aromatic rings. The zero-order valence-electron chi connectivity index (χ0n) is 12.4. The number of hydrogen-bond acceptors (Lipinski definition) is 2. The molecule has 3 rings (SSSR count). The molecule has 114 valence electrons. The van der Waals surface area contributed by atoms with Crippen molar-refractivity contribution in [2.24, 2.45) is 0 Å². The molecule has 1 aliphatic carbocycles. The first-order valence-corrected chi connectivity index (χ1v) is 8.18. The Morgan fingerprint density at radius 2 is 1.55 bits per heavy atom. The van der Waals surface area contributed by atoms with Crippen molar-refractivity contribution in [3.05, 3.63) is 64.7 Å². The first kappa shape index (κ1) is 15.1. The van der Waals surface area contributed by atoms with Crippen molar-refractivity contribution in [1.82, 2.24) is 0 Å². The molecular weight excluding hydrogens is 296 g/mol. The fourth-order valence-electron chi connectivity index (χ4n) is 3.00. The third kappa shape index (κ3) is 3.69. The average molecular weight is 315 g/mol. The lowest BCUT2D eigenvalue weighted by Crippen LogP contribution is -2.08. The second-order valence-electron chi connectivity index (χ2n) is 5.80. The monoisotopic (exact) mass is 314 g/mol. The van der Waals surface area contributed by atoms with Crippen molar-refractivity contribution in [1.29, 1.82) is 0 Å². The van der Waals surface area contributed by atoms with E-state index in [-0.39, 0.29) is 5.97 Å². The fourth-order valence-corrected chi connectivity index (χ4v) is 3.12. The number of carbonyl (C=O) groups excluding carboxylic acids is 1. The van der Waals surface area contributed by atoms with Gasteiger partial charge in [0.1, 0.15) is 5.75 Å². The first-order chi connectivity index (χ1) is 10.7. The summed E-state index contributed by atoms with van der Waals surface area (Å²) in [5.74, 6) is 0.886. The molecule has 1 aliphatic rings. The van der Waals surface area contributed by atoms with Crippen LogP contribution in [0.15, 0.2) is 48.5 Å². The van der Waals surface area contributed by atoms with E-state index in [4.69, 9.17) is 16.3 Å². The molecule has 0 aliphatic heterocycles. The van der Waals surface area contributed by atoms with Crippen molar-refractivity contribution < 1.29 is 9.53 Å². The molecule has 3 heteroatoms. The van der Waals surface area contributed by atoms with Gasteiger partial charge in [-0.25, -0.2) is 4.79 Å². The van der Waals surface area contributed by atoms with Crippen LogP contribution in [0.2, 0.25) is 5.02 Å². The van der Waals surface area contributed by atoms with E-state index < -0.39 is 0 Å². The smallest absolute Gasteiger partial charge is 0.343 e. The minimum Gasteiger partial charge on any atom is -0.423 e. The number of hydrogen-bond donors (Lipinski definition) is 0. The lowest BCUT2D eigenvalue weighted by atomic mass is 9.84. The van der Waals surface area contributed by atoms with Crippen molar-refractivity contribution in [2.45, 2.75) is 38.0 Å². The van der Waals surface area contributed by atoms with Gasteiger partial charge in [0.2, 0.25) is 0 Å². The lowest BCUT2D eigenvalue weighted by Gasteiger charge is -2.22. The normalized spacial score (nSPS) is 15.5. The number of ether oxygens (including phenoxy) is 1. The zero-order chi connectivity index (χ0) is 15.4. The van der Waals surface area contributed by atoms with Gasteiger partial charge in [-0.3, -0.25) is 0 Å². The van der Waals surface area contributed by atoms with E-state index in [2.05, 4.69) is 12.1 Å². The minimum absolute atomic E-state index is 0.359. The Morgan fingerprint density at radius 1 is 0.909 bits per heavy atom. The summed E-state index contributed by atoms with van der Waals surface area (Å²) in [4.78, 5) is 12.0. The average Bonchev–Trinajstić information content (AvgIpc) is 2.57. The molecule has 0 bridgehead atoms. The van der Waals surface area contributed by atoms with Crippen LogP contribution in [-0.2, 0) is 0 Å². The molecule has 0 unspecified atom stereocenters. The Labute approximate surface area is 136 Å². The van der Waals surface area contributed by atoms with Crippen LogP contribution >= 0.6 is 11.6 Å². The Morgan fingerprint density at radius 3 is 2.18 bits per heavy atom. The molecule has 0 amide bonds. The molecule has 0 aromatic heterocycles. The van der Waals surface area contributed by atoms with Crippen molar-refractivity contribution in [3.63, 3.8) is 0 Å². The number of benzene rings is 2. The van der Waals surface area contributed by atoms with Crippen molar-refractivity contribution in [2.75, 3.05) is 0 Å². The molecule has 0 radical (unpaired) electrons. The Balaban J connectivity index is 1.65. The molecule has 0 heterocycles. The van der Waals surface area contributed by atoms with Crippen LogP contribution in [0, 0.1) is 0 Å². The van der Waals surface area contributed by atoms with Gasteiger partial charge in [-0.1, -0.05) is 43.0 Å². The molecule has 1 fully saturated rings. The van der Waals surface area contributed by atoms with Gasteiger partial charge in [0.15, 0.2) is 0 Å². The SMILES string of the molecule is O=C(Oc1ccc(C2CCCCC2)cc1)c1ccc(Cl)cc1. The third-order valence-electron chi connectivity index (χ3n) is 4.25. The van der Waals surface area contributed by atoms with Crippen LogP contribution in [0.1, 0.15) is 53.9 Å². The highest BCUT2D eigenvalue weighted by molar-refractivity contribution is 6.30. The van der Waals surface area contributed by atoms with Crippen molar-refractivity contribution >= 4 is 17.6 Å². The largest absolute Gasteiger partial charge is 0.423 e. The van der Waals surface area contributed by atoms with Crippen LogP contribution in [-0.4, -0.2) is 5.97 Å². The highest BCUT2D eigenvalue weighted by Crippen LogP contribution is 2.33. The second kappa shape index (κ2) is 6.97. The highest BCUT2D eigenvalue weighted by Gasteiger charge is 2.15. The van der Waals surface area contributed by atoms with E-state index >= 15 is 0 Å². The number of esters is 1. The minimum atomic E-state index is -0.359. The maximum absolute atomic E-state index is 12.0. The van der Waals surface area contributed by atoms with Gasteiger partial charge in [0.25, 0.3) is 0 Å². The summed E-state index contributed by atoms with van der Waals surface area (Å²) in [5.41, 5.74) is 1.85. The lowest BCUT2D eigenvalue weighted by molar-refractivity contribution is 0.0734. The van der Waals surface area contributed by atoms with Gasteiger partial charge >= 0.3 is 5.97 Å². The number of carbonyl (C=O) groups is 1. The third-order valence-corrected chi connectivity index (χ3v) is 4.50. The predicted molar refractivity (Wildman–Crippen MR) is 88.7 cm³/mol. The maximum atomic E-state index is 12.0. The molecular formula is C19H19ClO2. The summed E-state index contributed by atoms with van der Waals surface area (Å²) in [6, 6.07) is 14.6. The Hall–Kier alpha value is -1.80. The molecule has 22 heavy (non-hydrogen) atoms. The standard InChI is InChI=1S/C19H19ClO2/c20-17-10-6-16(7-11-17)19(21)22-18-12-8-15(9-13-18)14-4-2-1-3-5-14/h6-14H,1-5H2. The van der Waals surface area contributed by atoms with Gasteiger partial charge in [0.05, 0.1) is 5.56 Å². The van der Waals surface area contributed by atoms with E-state index in [1.54, 1.807) is 24.3 Å². The molecule has 0 N–H and O–H groups in total. The number of halogens is 1. The molecule has 0 atom stereocenters.